The van der Waals surface area contributed by atoms with Gasteiger partial charge in [-0.25, -0.2) is 5.43 Å². The largest absolute Gasteiger partial charge is 0.469 e. The van der Waals surface area contributed by atoms with Gasteiger partial charge in [0, 0.05) is 34.9 Å². The van der Waals surface area contributed by atoms with Crippen molar-refractivity contribution in [1.82, 2.24) is 15.8 Å². The Morgan fingerprint density at radius 2 is 2.04 bits per heavy atom. The number of H-pyrrole nitrogens is 1. The number of carbonyl (C=O) groups excluding carboxylic acids is 1. The van der Waals surface area contributed by atoms with E-state index in [1.807, 2.05) is 6.92 Å². The highest BCUT2D eigenvalue weighted by molar-refractivity contribution is 5.83. The number of aliphatic hydroxyl groups excluding tert-OH is 1. The number of nitrogens with one attached hydrogen (secondary N) is 3. The number of fused-ring (bicyclic) bond motifs is 2. The fraction of sp³-hybridized carbons (Fsp3) is 0.444. The predicted octanol–water partition coefficient (Wildman–Crippen LogP) is 0.334. The van der Waals surface area contributed by atoms with Gasteiger partial charge >= 0.3 is 5.97 Å². The van der Waals surface area contributed by atoms with Crippen LogP contribution in [0.25, 0.3) is 10.9 Å². The molecule has 2 aliphatic rings. The molecule has 144 valence electrons. The molecule has 0 spiro atoms. The van der Waals surface area contributed by atoms with Crippen LogP contribution in [0.4, 0.5) is 0 Å². The van der Waals surface area contributed by atoms with Crippen LogP contribution in [-0.2, 0) is 9.53 Å². The Morgan fingerprint density at radius 3 is 2.70 bits per heavy atom. The van der Waals surface area contributed by atoms with Crippen LogP contribution >= 0.6 is 0 Å². The van der Waals surface area contributed by atoms with Crippen molar-refractivity contribution < 1.29 is 24.1 Å². The van der Waals surface area contributed by atoms with Crippen molar-refractivity contribution in [3.8, 4) is 11.5 Å². The molecule has 1 aromatic heterocycles. The van der Waals surface area contributed by atoms with Gasteiger partial charge in [0.15, 0.2) is 11.5 Å². The Labute approximate surface area is 154 Å². The summed E-state index contributed by atoms with van der Waals surface area (Å²) >= 11 is 0. The Kier molecular flexibility index (Phi) is 4.50. The lowest BCUT2D eigenvalue weighted by Crippen LogP contribution is -2.35. The molecule has 9 nitrogen and oxygen atoms in total. The smallest absolute Gasteiger partial charge is 0.306 e. The molecule has 4 N–H and O–H groups in total. The molecule has 4 rings (SSSR count). The summed E-state index contributed by atoms with van der Waals surface area (Å²) in [5, 5.41) is 11.1. The molecule has 1 aromatic carbocycles. The summed E-state index contributed by atoms with van der Waals surface area (Å²) in [4.78, 5) is 27.7. The number of rotatable bonds is 4. The molecule has 4 atom stereocenters. The topological polar surface area (TPSA) is 122 Å². The number of methoxy groups -OCH3 is 1. The second kappa shape index (κ2) is 6.84. The summed E-state index contributed by atoms with van der Waals surface area (Å²) in [7, 11) is 1.30. The number of aromatic amines is 1. The van der Waals surface area contributed by atoms with Crippen molar-refractivity contribution in [2.24, 2.45) is 5.92 Å². The van der Waals surface area contributed by atoms with Gasteiger partial charge < -0.3 is 24.3 Å². The van der Waals surface area contributed by atoms with Gasteiger partial charge in [-0.3, -0.25) is 15.0 Å². The molecule has 1 saturated heterocycles. The van der Waals surface area contributed by atoms with E-state index in [0.717, 1.165) is 5.39 Å². The number of hydrazine groups is 1. The van der Waals surface area contributed by atoms with Crippen LogP contribution in [0.3, 0.4) is 0 Å². The average Bonchev–Trinajstić information content (AvgIpc) is 3.23. The van der Waals surface area contributed by atoms with Gasteiger partial charge in [-0.1, -0.05) is 0 Å². The summed E-state index contributed by atoms with van der Waals surface area (Å²) in [5.74, 6) is -0.204. The van der Waals surface area contributed by atoms with Crippen molar-refractivity contribution in [3.63, 3.8) is 0 Å². The maximum absolute atomic E-state index is 12.8. The number of esters is 1. The van der Waals surface area contributed by atoms with Crippen LogP contribution in [0, 0.1) is 5.92 Å². The third kappa shape index (κ3) is 3.14. The van der Waals surface area contributed by atoms with E-state index in [4.69, 9.17) is 14.2 Å². The number of ether oxygens (including phenoxy) is 3. The number of hydrogen-bond acceptors (Lipinski definition) is 8. The molecule has 9 heteroatoms. The number of hydrogen-bond donors (Lipinski definition) is 4. The first kappa shape index (κ1) is 17.8. The number of aliphatic hydroxyl groups is 1. The van der Waals surface area contributed by atoms with Crippen LogP contribution < -0.4 is 25.9 Å². The first-order chi connectivity index (χ1) is 13.0. The third-order valence-electron chi connectivity index (χ3n) is 5.25. The second-order valence-electron chi connectivity index (χ2n) is 6.83. The number of carbonyl (C=O) groups is 1. The van der Waals surface area contributed by atoms with E-state index in [9.17, 15) is 14.7 Å². The van der Waals surface area contributed by atoms with E-state index in [1.54, 1.807) is 18.2 Å². The van der Waals surface area contributed by atoms with Gasteiger partial charge in [0.25, 0.3) is 5.56 Å². The molecule has 0 amide bonds. The van der Waals surface area contributed by atoms with E-state index >= 15 is 0 Å². The maximum atomic E-state index is 12.8. The highest BCUT2D eigenvalue weighted by Gasteiger charge is 2.40. The zero-order valence-corrected chi connectivity index (χ0v) is 14.9. The van der Waals surface area contributed by atoms with Crippen molar-refractivity contribution in [3.05, 3.63) is 34.1 Å². The zero-order valence-electron chi connectivity index (χ0n) is 14.9. The van der Waals surface area contributed by atoms with E-state index in [0.29, 0.717) is 22.6 Å². The molecule has 0 aliphatic carbocycles. The maximum Gasteiger partial charge on any atom is 0.306 e. The molecule has 2 aromatic rings. The fourth-order valence-electron chi connectivity index (χ4n) is 3.86. The van der Waals surface area contributed by atoms with Crippen molar-refractivity contribution in [2.45, 2.75) is 31.5 Å². The quantitative estimate of drug-likeness (QED) is 0.564. The molecular weight excluding hydrogens is 354 g/mol. The number of benzene rings is 1. The van der Waals surface area contributed by atoms with Gasteiger partial charge in [0.1, 0.15) is 6.23 Å². The standard InChI is InChI=1S/C18H21N3O6/c1-8-16(18(24)21-20-8)10(5-15(22)25-2)11-3-9-4-13-14(27-7-26-13)6-12(9)19-17(11)23/h3-4,6,8,10,16,18,20-21,24H,5,7H2,1-2H3,(H,19,23). The summed E-state index contributed by atoms with van der Waals surface area (Å²) < 4.78 is 15.6. The van der Waals surface area contributed by atoms with Crippen molar-refractivity contribution in [2.75, 3.05) is 13.9 Å². The minimum absolute atomic E-state index is 0.0228. The summed E-state index contributed by atoms with van der Waals surface area (Å²) in [6.07, 6.45) is -0.924. The first-order valence-electron chi connectivity index (χ1n) is 8.70. The van der Waals surface area contributed by atoms with E-state index < -0.39 is 24.0 Å². The molecular formula is C18H21N3O6. The van der Waals surface area contributed by atoms with Crippen molar-refractivity contribution >= 4 is 16.9 Å². The highest BCUT2D eigenvalue weighted by Crippen LogP contribution is 2.37. The van der Waals surface area contributed by atoms with Crippen LogP contribution in [0.5, 0.6) is 11.5 Å². The molecule has 3 heterocycles. The lowest BCUT2D eigenvalue weighted by molar-refractivity contribution is -0.141. The molecule has 1 fully saturated rings. The van der Waals surface area contributed by atoms with Gasteiger partial charge in [-0.2, -0.15) is 0 Å². The third-order valence-corrected chi connectivity index (χ3v) is 5.25. The number of pyridine rings is 1. The summed E-state index contributed by atoms with van der Waals surface area (Å²) in [6.45, 7) is 2.02. The Hall–Kier alpha value is -2.62. The minimum Gasteiger partial charge on any atom is -0.469 e. The Morgan fingerprint density at radius 1 is 1.30 bits per heavy atom. The highest BCUT2D eigenvalue weighted by atomic mass is 16.7. The second-order valence-corrected chi connectivity index (χ2v) is 6.83. The first-order valence-corrected chi connectivity index (χ1v) is 8.70. The average molecular weight is 375 g/mol. The molecule has 4 unspecified atom stereocenters. The SMILES string of the molecule is COC(=O)CC(c1cc2cc3c(cc2[nH]c1=O)OCO3)C1C(C)NNC1O. The van der Waals surface area contributed by atoms with Gasteiger partial charge in [-0.15, -0.1) is 0 Å². The molecule has 0 radical (unpaired) electrons. The molecule has 0 saturated carbocycles. The minimum atomic E-state index is -0.901. The predicted molar refractivity (Wildman–Crippen MR) is 95.3 cm³/mol. The van der Waals surface area contributed by atoms with Crippen LogP contribution in [0.15, 0.2) is 23.0 Å². The lowest BCUT2D eigenvalue weighted by Gasteiger charge is -2.27. The Balaban J connectivity index is 1.82. The normalized spacial score (nSPS) is 24.9. The van der Waals surface area contributed by atoms with Crippen LogP contribution in [0.1, 0.15) is 24.8 Å². The van der Waals surface area contributed by atoms with Gasteiger partial charge in [-0.05, 0) is 19.1 Å². The molecule has 27 heavy (non-hydrogen) atoms. The fourth-order valence-corrected chi connectivity index (χ4v) is 3.86. The van der Waals surface area contributed by atoms with Gasteiger partial charge in [0.2, 0.25) is 6.79 Å². The van der Waals surface area contributed by atoms with Crippen LogP contribution in [-0.4, -0.2) is 42.2 Å². The molecule has 2 aliphatic heterocycles. The zero-order chi connectivity index (χ0) is 19.1. The van der Waals surface area contributed by atoms with Gasteiger partial charge in [0.05, 0.1) is 19.0 Å². The van der Waals surface area contributed by atoms with Crippen molar-refractivity contribution in [1.29, 1.82) is 0 Å². The lowest BCUT2D eigenvalue weighted by atomic mass is 9.79. The van der Waals surface area contributed by atoms with E-state index in [2.05, 4.69) is 15.8 Å². The Bertz CT molecular complexity index is 933. The van der Waals surface area contributed by atoms with E-state index in [-0.39, 0.29) is 24.8 Å². The summed E-state index contributed by atoms with van der Waals surface area (Å²) in [6, 6.07) is 5.09. The molecule has 0 bridgehead atoms. The number of aromatic nitrogens is 1. The summed E-state index contributed by atoms with van der Waals surface area (Å²) in [5.41, 5.74) is 6.41. The van der Waals surface area contributed by atoms with Crippen LogP contribution in [0.2, 0.25) is 0 Å². The monoisotopic (exact) mass is 375 g/mol. The van der Waals surface area contributed by atoms with E-state index in [1.165, 1.54) is 7.11 Å².